The first kappa shape index (κ1) is 9.62. The van der Waals surface area contributed by atoms with Gasteiger partial charge in [-0.15, -0.1) is 0 Å². The molecule has 0 aromatic rings. The minimum Gasteiger partial charge on any atom is -0.466 e. The highest BCUT2D eigenvalue weighted by Gasteiger charge is 2.24. The van der Waals surface area contributed by atoms with Gasteiger partial charge in [0.05, 0.1) is 13.0 Å². The second-order valence-electron chi connectivity index (χ2n) is 1.71. The topological polar surface area (TPSA) is 26.3 Å². The van der Waals surface area contributed by atoms with E-state index in [4.69, 9.17) is 0 Å². The van der Waals surface area contributed by atoms with Gasteiger partial charge in [0.25, 0.3) is 0 Å². The van der Waals surface area contributed by atoms with Crippen LogP contribution in [0, 0.1) is 0 Å². The van der Waals surface area contributed by atoms with Crippen molar-refractivity contribution in [1.82, 2.24) is 0 Å². The zero-order chi connectivity index (χ0) is 8.20. The molecule has 0 aromatic carbocycles. The van der Waals surface area contributed by atoms with Crippen LogP contribution in [0.15, 0.2) is 0 Å². The molecular formula is C5H7ClF2O2. The zero-order valence-electron chi connectivity index (χ0n) is 5.36. The van der Waals surface area contributed by atoms with Gasteiger partial charge >= 0.3 is 11.4 Å². The molecule has 0 radical (unpaired) electrons. The van der Waals surface area contributed by atoms with Crippen LogP contribution in [0.3, 0.4) is 0 Å². The Morgan fingerprint density at radius 1 is 1.70 bits per heavy atom. The Morgan fingerprint density at radius 2 is 2.20 bits per heavy atom. The normalized spacial score (nSPS) is 11.2. The third-order valence-corrected chi connectivity index (χ3v) is 0.880. The SMILES string of the molecule is CC(=O)OCCC(F)(F)Cl. The maximum absolute atomic E-state index is 11.7. The predicted molar refractivity (Wildman–Crippen MR) is 32.0 cm³/mol. The van der Waals surface area contributed by atoms with E-state index >= 15 is 0 Å². The van der Waals surface area contributed by atoms with Gasteiger partial charge in [-0.05, 0) is 11.6 Å². The fraction of sp³-hybridized carbons (Fsp3) is 0.800. The van der Waals surface area contributed by atoms with Crippen molar-refractivity contribution in [3.05, 3.63) is 0 Å². The number of halogens is 3. The van der Waals surface area contributed by atoms with Crippen LogP contribution in [0.2, 0.25) is 0 Å². The zero-order valence-corrected chi connectivity index (χ0v) is 6.12. The predicted octanol–water partition coefficient (Wildman–Crippen LogP) is 1.77. The fourth-order valence-electron chi connectivity index (χ4n) is 0.310. The van der Waals surface area contributed by atoms with E-state index in [1.54, 1.807) is 0 Å². The molecule has 0 aliphatic heterocycles. The van der Waals surface area contributed by atoms with Crippen molar-refractivity contribution in [2.45, 2.75) is 18.7 Å². The van der Waals surface area contributed by atoms with Gasteiger partial charge in [-0.1, -0.05) is 0 Å². The Hall–Kier alpha value is -0.380. The number of rotatable bonds is 3. The third kappa shape index (κ3) is 7.62. The van der Waals surface area contributed by atoms with Crippen molar-refractivity contribution >= 4 is 17.6 Å². The summed E-state index contributed by atoms with van der Waals surface area (Å²) in [5.74, 6) is -0.582. The number of alkyl halides is 3. The standard InChI is InChI=1S/C5H7ClF2O2/c1-4(9)10-3-2-5(6,7)8/h2-3H2,1H3. The van der Waals surface area contributed by atoms with E-state index in [-0.39, 0.29) is 6.61 Å². The molecule has 0 spiro atoms. The molecule has 0 bridgehead atoms. The number of esters is 1. The van der Waals surface area contributed by atoms with Gasteiger partial charge in [0.2, 0.25) is 0 Å². The van der Waals surface area contributed by atoms with E-state index in [0.717, 1.165) is 6.92 Å². The van der Waals surface area contributed by atoms with Gasteiger partial charge in [-0.3, -0.25) is 4.79 Å². The molecule has 0 saturated carbocycles. The summed E-state index contributed by atoms with van der Waals surface area (Å²) in [6.07, 6.45) is -0.645. The number of carbonyl (C=O) groups excluding carboxylic acids is 1. The van der Waals surface area contributed by atoms with Crippen LogP contribution < -0.4 is 0 Å². The molecule has 0 aliphatic rings. The van der Waals surface area contributed by atoms with Crippen molar-refractivity contribution in [2.24, 2.45) is 0 Å². The van der Waals surface area contributed by atoms with Gasteiger partial charge in [0.15, 0.2) is 0 Å². The van der Waals surface area contributed by atoms with Crippen LogP contribution >= 0.6 is 11.6 Å². The molecule has 5 heteroatoms. The molecule has 0 unspecified atom stereocenters. The van der Waals surface area contributed by atoms with Gasteiger partial charge in [0.1, 0.15) is 0 Å². The second-order valence-corrected chi connectivity index (χ2v) is 2.26. The van der Waals surface area contributed by atoms with Gasteiger partial charge < -0.3 is 4.74 Å². The lowest BCUT2D eigenvalue weighted by Crippen LogP contribution is -2.11. The molecule has 10 heavy (non-hydrogen) atoms. The minimum absolute atomic E-state index is 0.341. The molecule has 0 aliphatic carbocycles. The lowest BCUT2D eigenvalue weighted by Gasteiger charge is -2.06. The Bertz CT molecular complexity index is 121. The average molecular weight is 173 g/mol. The minimum atomic E-state index is -3.27. The van der Waals surface area contributed by atoms with E-state index in [1.807, 2.05) is 0 Å². The van der Waals surface area contributed by atoms with E-state index < -0.39 is 17.8 Å². The van der Waals surface area contributed by atoms with Gasteiger partial charge in [-0.2, -0.15) is 8.78 Å². The van der Waals surface area contributed by atoms with E-state index in [0.29, 0.717) is 0 Å². The number of carbonyl (C=O) groups is 1. The molecule has 0 saturated heterocycles. The summed E-state index contributed by atoms with van der Waals surface area (Å²) in [6.45, 7) is 0.804. The van der Waals surface area contributed by atoms with Crippen LogP contribution in [0.5, 0.6) is 0 Å². The van der Waals surface area contributed by atoms with E-state index in [1.165, 1.54) is 0 Å². The summed E-state index contributed by atoms with van der Waals surface area (Å²) in [6, 6.07) is 0. The summed E-state index contributed by atoms with van der Waals surface area (Å²) >= 11 is 4.49. The Morgan fingerprint density at radius 3 is 2.50 bits per heavy atom. The van der Waals surface area contributed by atoms with E-state index in [2.05, 4.69) is 16.3 Å². The van der Waals surface area contributed by atoms with Crippen molar-refractivity contribution < 1.29 is 18.3 Å². The van der Waals surface area contributed by atoms with Crippen LogP contribution in [-0.4, -0.2) is 18.0 Å². The van der Waals surface area contributed by atoms with Crippen molar-refractivity contribution in [1.29, 1.82) is 0 Å². The highest BCUT2D eigenvalue weighted by atomic mass is 35.5. The summed E-state index contributed by atoms with van der Waals surface area (Å²) in [5, 5.41) is -3.27. The quantitative estimate of drug-likeness (QED) is 0.479. The van der Waals surface area contributed by atoms with Gasteiger partial charge in [0, 0.05) is 6.92 Å². The molecule has 0 aromatic heterocycles. The van der Waals surface area contributed by atoms with Gasteiger partial charge in [-0.25, -0.2) is 0 Å². The lowest BCUT2D eigenvalue weighted by atomic mass is 10.5. The first-order valence-electron chi connectivity index (χ1n) is 2.62. The summed E-state index contributed by atoms with van der Waals surface area (Å²) < 4.78 is 27.7. The lowest BCUT2D eigenvalue weighted by molar-refractivity contribution is -0.142. The van der Waals surface area contributed by atoms with Crippen molar-refractivity contribution in [3.63, 3.8) is 0 Å². The van der Waals surface area contributed by atoms with Crippen LogP contribution in [-0.2, 0) is 9.53 Å². The van der Waals surface area contributed by atoms with Crippen LogP contribution in [0.4, 0.5) is 8.78 Å². The Kier molecular flexibility index (Phi) is 3.57. The van der Waals surface area contributed by atoms with Crippen molar-refractivity contribution in [2.75, 3.05) is 6.61 Å². The highest BCUT2D eigenvalue weighted by molar-refractivity contribution is 6.21. The Balaban J connectivity index is 3.29. The molecular weight excluding hydrogens is 166 g/mol. The maximum atomic E-state index is 11.7. The molecule has 60 valence electrons. The average Bonchev–Trinajstić information content (AvgIpc) is 1.59. The monoisotopic (exact) mass is 172 g/mol. The molecule has 0 N–H and O–H groups in total. The number of hydrogen-bond donors (Lipinski definition) is 0. The Labute approximate surface area is 62.1 Å². The highest BCUT2D eigenvalue weighted by Crippen LogP contribution is 2.22. The number of ether oxygens (including phenoxy) is 1. The van der Waals surface area contributed by atoms with Crippen LogP contribution in [0.25, 0.3) is 0 Å². The molecule has 0 heterocycles. The first-order chi connectivity index (χ1) is 4.42. The molecule has 0 rings (SSSR count). The fourth-order valence-corrected chi connectivity index (χ4v) is 0.388. The largest absolute Gasteiger partial charge is 0.466 e. The van der Waals surface area contributed by atoms with Crippen LogP contribution in [0.1, 0.15) is 13.3 Å². The molecule has 0 fully saturated rings. The molecule has 2 nitrogen and oxygen atoms in total. The van der Waals surface area contributed by atoms with E-state index in [9.17, 15) is 13.6 Å². The van der Waals surface area contributed by atoms with Crippen molar-refractivity contribution in [3.8, 4) is 0 Å². The number of hydrogen-bond acceptors (Lipinski definition) is 2. The smallest absolute Gasteiger partial charge is 0.324 e. The maximum Gasteiger partial charge on any atom is 0.324 e. The molecule has 0 amide bonds. The summed E-state index contributed by atoms with van der Waals surface area (Å²) in [7, 11) is 0. The first-order valence-corrected chi connectivity index (χ1v) is 3.00. The second kappa shape index (κ2) is 3.71. The summed E-state index contributed by atoms with van der Waals surface area (Å²) in [5.41, 5.74) is 0. The third-order valence-electron chi connectivity index (χ3n) is 0.691. The molecule has 0 atom stereocenters. The summed E-state index contributed by atoms with van der Waals surface area (Å²) in [4.78, 5) is 10.0.